The largest absolute Gasteiger partial charge is 0.306 e. The summed E-state index contributed by atoms with van der Waals surface area (Å²) in [6, 6.07) is 12.2. The average Bonchev–Trinajstić information content (AvgIpc) is 2.40. The highest BCUT2D eigenvalue weighted by Gasteiger charge is 2.10. The minimum Gasteiger partial charge on any atom is -0.306 e. The topological polar surface area (TPSA) is 12.0 Å². The van der Waals surface area contributed by atoms with Gasteiger partial charge in [0.2, 0.25) is 0 Å². The molecule has 0 unspecified atom stereocenters. The zero-order valence-electron chi connectivity index (χ0n) is 10.5. The highest BCUT2D eigenvalue weighted by atomic mass is 79.9. The number of nitrogens with one attached hydrogen (secondary N) is 1. The molecule has 0 saturated heterocycles. The van der Waals surface area contributed by atoms with Gasteiger partial charge in [-0.05, 0) is 30.7 Å². The zero-order valence-corrected chi connectivity index (χ0v) is 12.0. The molecule has 19 heavy (non-hydrogen) atoms. The molecule has 0 fully saturated rings. The van der Waals surface area contributed by atoms with Crippen LogP contribution in [0.3, 0.4) is 0 Å². The van der Waals surface area contributed by atoms with Crippen molar-refractivity contribution in [2.75, 3.05) is 0 Å². The van der Waals surface area contributed by atoms with Crippen molar-refractivity contribution in [2.24, 2.45) is 0 Å². The van der Waals surface area contributed by atoms with Gasteiger partial charge in [-0.25, -0.2) is 8.78 Å². The molecule has 100 valence electrons. The van der Waals surface area contributed by atoms with Gasteiger partial charge in [-0.15, -0.1) is 0 Å². The van der Waals surface area contributed by atoms with E-state index in [0.717, 1.165) is 16.1 Å². The Bertz CT molecular complexity index is 572. The molecule has 1 nitrogen and oxygen atoms in total. The molecule has 1 atom stereocenters. The van der Waals surface area contributed by atoms with Crippen molar-refractivity contribution in [3.8, 4) is 0 Å². The first-order valence-electron chi connectivity index (χ1n) is 5.99. The van der Waals surface area contributed by atoms with Crippen LogP contribution in [0.1, 0.15) is 24.1 Å². The predicted octanol–water partition coefficient (Wildman–Crippen LogP) is 4.58. The molecule has 0 aromatic heterocycles. The lowest BCUT2D eigenvalue weighted by atomic mass is 10.1. The second-order valence-corrected chi connectivity index (χ2v) is 5.29. The molecule has 0 bridgehead atoms. The molecule has 1 N–H and O–H groups in total. The van der Waals surface area contributed by atoms with Gasteiger partial charge in [-0.2, -0.15) is 0 Å². The highest BCUT2D eigenvalue weighted by molar-refractivity contribution is 9.10. The molecule has 0 radical (unpaired) electrons. The SMILES string of the molecule is C[C@@H](NCc1cccc(F)c1F)c1cccc(Br)c1. The van der Waals surface area contributed by atoms with E-state index in [-0.39, 0.29) is 12.6 Å². The molecule has 2 aromatic carbocycles. The molecule has 0 aliphatic rings. The predicted molar refractivity (Wildman–Crippen MR) is 75.8 cm³/mol. The fourth-order valence-corrected chi connectivity index (χ4v) is 2.26. The van der Waals surface area contributed by atoms with Crippen molar-refractivity contribution in [3.63, 3.8) is 0 Å². The van der Waals surface area contributed by atoms with Gasteiger partial charge in [0.25, 0.3) is 0 Å². The summed E-state index contributed by atoms with van der Waals surface area (Å²) in [4.78, 5) is 0. The fraction of sp³-hybridized carbons (Fsp3) is 0.200. The lowest BCUT2D eigenvalue weighted by molar-refractivity contribution is 0.484. The molecule has 0 aliphatic heterocycles. The van der Waals surface area contributed by atoms with E-state index in [9.17, 15) is 8.78 Å². The minimum absolute atomic E-state index is 0.0557. The Kier molecular flexibility index (Phi) is 4.66. The summed E-state index contributed by atoms with van der Waals surface area (Å²) in [5.74, 6) is -1.59. The third-order valence-electron chi connectivity index (χ3n) is 2.98. The van der Waals surface area contributed by atoms with Crippen molar-refractivity contribution >= 4 is 15.9 Å². The second kappa shape index (κ2) is 6.26. The molecular weight excluding hydrogens is 312 g/mol. The van der Waals surface area contributed by atoms with E-state index in [0.29, 0.717) is 5.56 Å². The van der Waals surface area contributed by atoms with Crippen LogP contribution in [-0.4, -0.2) is 0 Å². The van der Waals surface area contributed by atoms with Crippen LogP contribution in [0.2, 0.25) is 0 Å². The lowest BCUT2D eigenvalue weighted by Crippen LogP contribution is -2.19. The van der Waals surface area contributed by atoms with Gasteiger partial charge in [-0.3, -0.25) is 0 Å². The maximum absolute atomic E-state index is 13.5. The Morgan fingerprint density at radius 2 is 1.89 bits per heavy atom. The van der Waals surface area contributed by atoms with E-state index in [2.05, 4.69) is 21.2 Å². The summed E-state index contributed by atoms with van der Waals surface area (Å²) in [7, 11) is 0. The van der Waals surface area contributed by atoms with Gasteiger partial charge >= 0.3 is 0 Å². The van der Waals surface area contributed by atoms with E-state index in [1.807, 2.05) is 31.2 Å². The van der Waals surface area contributed by atoms with Crippen LogP contribution in [0.15, 0.2) is 46.9 Å². The summed E-state index contributed by atoms with van der Waals surface area (Å²) < 4.78 is 27.6. The highest BCUT2D eigenvalue weighted by Crippen LogP contribution is 2.19. The Hall–Kier alpha value is -1.26. The molecule has 0 amide bonds. The lowest BCUT2D eigenvalue weighted by Gasteiger charge is -2.15. The number of benzene rings is 2. The molecule has 2 rings (SSSR count). The molecular formula is C15H14BrF2N. The van der Waals surface area contributed by atoms with Crippen LogP contribution < -0.4 is 5.32 Å². The Balaban J connectivity index is 2.04. The van der Waals surface area contributed by atoms with Crippen LogP contribution >= 0.6 is 15.9 Å². The van der Waals surface area contributed by atoms with Crippen LogP contribution in [0.5, 0.6) is 0 Å². The maximum Gasteiger partial charge on any atom is 0.163 e. The monoisotopic (exact) mass is 325 g/mol. The van der Waals surface area contributed by atoms with E-state index in [4.69, 9.17) is 0 Å². The minimum atomic E-state index is -0.811. The number of rotatable bonds is 4. The molecule has 2 aromatic rings. The summed E-state index contributed by atoms with van der Waals surface area (Å²) >= 11 is 3.41. The van der Waals surface area contributed by atoms with E-state index < -0.39 is 11.6 Å². The van der Waals surface area contributed by atoms with Crippen molar-refractivity contribution in [2.45, 2.75) is 19.5 Å². The summed E-state index contributed by atoms with van der Waals surface area (Å²) in [6.07, 6.45) is 0. The van der Waals surface area contributed by atoms with Crippen molar-refractivity contribution in [1.29, 1.82) is 0 Å². The zero-order chi connectivity index (χ0) is 13.8. The van der Waals surface area contributed by atoms with Crippen molar-refractivity contribution in [3.05, 3.63) is 69.7 Å². The average molecular weight is 326 g/mol. The van der Waals surface area contributed by atoms with Gasteiger partial charge in [0.05, 0.1) is 0 Å². The number of hydrogen-bond donors (Lipinski definition) is 1. The Morgan fingerprint density at radius 3 is 2.63 bits per heavy atom. The first-order valence-corrected chi connectivity index (χ1v) is 6.79. The van der Waals surface area contributed by atoms with Crippen LogP contribution in [-0.2, 0) is 6.54 Å². The summed E-state index contributed by atoms with van der Waals surface area (Å²) in [5, 5.41) is 3.18. The van der Waals surface area contributed by atoms with E-state index >= 15 is 0 Å². The van der Waals surface area contributed by atoms with Crippen LogP contribution in [0, 0.1) is 11.6 Å². The Morgan fingerprint density at radius 1 is 1.16 bits per heavy atom. The normalized spacial score (nSPS) is 12.4. The van der Waals surface area contributed by atoms with Gasteiger partial charge in [-0.1, -0.05) is 40.2 Å². The first kappa shape index (κ1) is 14.2. The quantitative estimate of drug-likeness (QED) is 0.867. The molecule has 4 heteroatoms. The molecule has 0 spiro atoms. The number of hydrogen-bond acceptors (Lipinski definition) is 1. The smallest absolute Gasteiger partial charge is 0.163 e. The second-order valence-electron chi connectivity index (χ2n) is 4.37. The van der Waals surface area contributed by atoms with Gasteiger partial charge in [0.1, 0.15) is 0 Å². The molecule has 0 aliphatic carbocycles. The van der Waals surface area contributed by atoms with Crippen LogP contribution in [0.4, 0.5) is 8.78 Å². The maximum atomic E-state index is 13.5. The van der Waals surface area contributed by atoms with E-state index in [1.54, 1.807) is 6.07 Å². The summed E-state index contributed by atoms with van der Waals surface area (Å²) in [5.41, 5.74) is 1.42. The summed E-state index contributed by atoms with van der Waals surface area (Å²) in [6.45, 7) is 2.27. The standard InChI is InChI=1S/C15H14BrF2N/c1-10(11-4-2-6-13(16)8-11)19-9-12-5-3-7-14(17)15(12)18/h2-8,10,19H,9H2,1H3/t10-/m1/s1. The number of halogens is 3. The Labute approximate surface area is 119 Å². The van der Waals surface area contributed by atoms with Crippen molar-refractivity contribution < 1.29 is 8.78 Å². The molecule has 0 heterocycles. The van der Waals surface area contributed by atoms with Gasteiger partial charge in [0, 0.05) is 22.6 Å². The third kappa shape index (κ3) is 3.61. The fourth-order valence-electron chi connectivity index (χ4n) is 1.84. The first-order chi connectivity index (χ1) is 9.08. The van der Waals surface area contributed by atoms with Gasteiger partial charge < -0.3 is 5.32 Å². The van der Waals surface area contributed by atoms with E-state index in [1.165, 1.54) is 6.07 Å². The van der Waals surface area contributed by atoms with Crippen LogP contribution in [0.25, 0.3) is 0 Å². The van der Waals surface area contributed by atoms with Crippen molar-refractivity contribution in [1.82, 2.24) is 5.32 Å². The van der Waals surface area contributed by atoms with Gasteiger partial charge in [0.15, 0.2) is 11.6 Å². The molecule has 0 saturated carbocycles. The third-order valence-corrected chi connectivity index (χ3v) is 3.47.